The molecule has 0 aliphatic carbocycles. The topological polar surface area (TPSA) is 44.0 Å². The van der Waals surface area contributed by atoms with Crippen molar-refractivity contribution in [3.05, 3.63) is 35.1 Å². The number of hydrogen-bond donors (Lipinski definition) is 1. The maximum Gasteiger partial charge on any atom is 0.126 e. The van der Waals surface area contributed by atoms with E-state index in [0.717, 1.165) is 0 Å². The first-order valence-electron chi connectivity index (χ1n) is 3.99. The average molecular weight is 179 g/mol. The summed E-state index contributed by atoms with van der Waals surface area (Å²) in [7, 11) is 0. The monoisotopic (exact) mass is 179 g/mol. The van der Waals surface area contributed by atoms with Crippen LogP contribution in [-0.4, -0.2) is 11.7 Å². The van der Waals surface area contributed by atoms with Crippen LogP contribution in [0.15, 0.2) is 18.2 Å². The SMILES string of the molecule is CC(CO)c1cc(C#N)ccc1F. The van der Waals surface area contributed by atoms with E-state index in [4.69, 9.17) is 10.4 Å². The van der Waals surface area contributed by atoms with Gasteiger partial charge in [-0.25, -0.2) is 4.39 Å². The second-order valence-corrected chi connectivity index (χ2v) is 2.93. The fourth-order valence-corrected chi connectivity index (χ4v) is 1.09. The Morgan fingerprint density at radius 2 is 2.31 bits per heavy atom. The molecule has 0 saturated carbocycles. The molecule has 0 amide bonds. The summed E-state index contributed by atoms with van der Waals surface area (Å²) in [6.45, 7) is 1.59. The van der Waals surface area contributed by atoms with Crippen molar-refractivity contribution < 1.29 is 9.50 Å². The summed E-state index contributed by atoms with van der Waals surface area (Å²) in [5.41, 5.74) is 0.804. The van der Waals surface area contributed by atoms with Gasteiger partial charge in [-0.1, -0.05) is 6.92 Å². The van der Waals surface area contributed by atoms with Crippen molar-refractivity contribution in [3.63, 3.8) is 0 Å². The molecule has 0 aliphatic rings. The minimum Gasteiger partial charge on any atom is -0.396 e. The van der Waals surface area contributed by atoms with Crippen LogP contribution in [0.2, 0.25) is 0 Å². The second-order valence-electron chi connectivity index (χ2n) is 2.93. The number of rotatable bonds is 2. The smallest absolute Gasteiger partial charge is 0.126 e. The highest BCUT2D eigenvalue weighted by Gasteiger charge is 2.10. The van der Waals surface area contributed by atoms with Gasteiger partial charge in [0.05, 0.1) is 11.6 Å². The Morgan fingerprint density at radius 1 is 1.62 bits per heavy atom. The summed E-state index contributed by atoms with van der Waals surface area (Å²) in [6, 6.07) is 6.06. The minimum atomic E-state index is -0.374. The van der Waals surface area contributed by atoms with Crippen molar-refractivity contribution in [2.75, 3.05) is 6.61 Å². The highest BCUT2D eigenvalue weighted by atomic mass is 19.1. The Kier molecular flexibility index (Phi) is 2.99. The number of nitriles is 1. The van der Waals surface area contributed by atoms with Crippen LogP contribution in [0.3, 0.4) is 0 Å². The third-order valence-corrected chi connectivity index (χ3v) is 1.93. The molecule has 0 aromatic heterocycles. The number of aliphatic hydroxyl groups is 1. The van der Waals surface area contributed by atoms with E-state index >= 15 is 0 Å². The first-order chi connectivity index (χ1) is 6.19. The lowest BCUT2D eigenvalue weighted by molar-refractivity contribution is 0.270. The van der Waals surface area contributed by atoms with Crippen LogP contribution in [0.5, 0.6) is 0 Å². The molecule has 1 N–H and O–H groups in total. The van der Waals surface area contributed by atoms with E-state index in [1.807, 2.05) is 6.07 Å². The van der Waals surface area contributed by atoms with E-state index in [1.54, 1.807) is 6.92 Å². The third-order valence-electron chi connectivity index (χ3n) is 1.93. The number of benzene rings is 1. The van der Waals surface area contributed by atoms with E-state index < -0.39 is 0 Å². The van der Waals surface area contributed by atoms with Gasteiger partial charge in [-0.05, 0) is 23.8 Å². The Morgan fingerprint density at radius 3 is 2.85 bits per heavy atom. The van der Waals surface area contributed by atoms with Crippen molar-refractivity contribution in [2.24, 2.45) is 0 Å². The molecule has 1 rings (SSSR count). The highest BCUT2D eigenvalue weighted by Crippen LogP contribution is 2.19. The van der Waals surface area contributed by atoms with Crippen LogP contribution in [0, 0.1) is 17.1 Å². The maximum atomic E-state index is 13.1. The minimum absolute atomic E-state index is 0.119. The molecule has 0 heterocycles. The normalized spacial score (nSPS) is 12.2. The van der Waals surface area contributed by atoms with E-state index in [-0.39, 0.29) is 18.3 Å². The first kappa shape index (κ1) is 9.69. The van der Waals surface area contributed by atoms with Gasteiger partial charge in [-0.3, -0.25) is 0 Å². The average Bonchev–Trinajstić information content (AvgIpc) is 2.17. The number of nitrogens with zero attached hydrogens (tertiary/aromatic N) is 1. The predicted octanol–water partition coefficient (Wildman–Crippen LogP) is 1.79. The van der Waals surface area contributed by atoms with Crippen LogP contribution in [0.1, 0.15) is 24.0 Å². The Bertz CT molecular complexity index is 343. The molecule has 1 aromatic rings. The highest BCUT2D eigenvalue weighted by molar-refractivity contribution is 5.35. The van der Waals surface area contributed by atoms with Crippen LogP contribution in [0.25, 0.3) is 0 Å². The standard InChI is InChI=1S/C10H10FNO/c1-7(6-13)9-4-8(5-12)2-3-10(9)11/h2-4,7,13H,6H2,1H3. The van der Waals surface area contributed by atoms with Gasteiger partial charge in [-0.2, -0.15) is 5.26 Å². The number of hydrogen-bond acceptors (Lipinski definition) is 2. The van der Waals surface area contributed by atoms with E-state index in [2.05, 4.69) is 0 Å². The molecule has 0 aliphatic heterocycles. The number of halogens is 1. The molecule has 68 valence electrons. The zero-order valence-electron chi connectivity index (χ0n) is 7.29. The molecule has 1 unspecified atom stereocenters. The van der Waals surface area contributed by atoms with Gasteiger partial charge in [0.1, 0.15) is 5.82 Å². The van der Waals surface area contributed by atoms with Crippen LogP contribution in [-0.2, 0) is 0 Å². The molecule has 0 fully saturated rings. The van der Waals surface area contributed by atoms with Gasteiger partial charge < -0.3 is 5.11 Å². The third kappa shape index (κ3) is 2.04. The summed E-state index contributed by atoms with van der Waals surface area (Å²) < 4.78 is 13.1. The van der Waals surface area contributed by atoms with E-state index in [0.29, 0.717) is 11.1 Å². The first-order valence-corrected chi connectivity index (χ1v) is 3.99. The predicted molar refractivity (Wildman–Crippen MR) is 46.6 cm³/mol. The second kappa shape index (κ2) is 4.01. The van der Waals surface area contributed by atoms with Crippen molar-refractivity contribution in [1.82, 2.24) is 0 Å². The molecule has 1 aromatic carbocycles. The molecule has 0 radical (unpaired) electrons. The quantitative estimate of drug-likeness (QED) is 0.752. The summed E-state index contributed by atoms with van der Waals surface area (Å²) >= 11 is 0. The largest absolute Gasteiger partial charge is 0.396 e. The fraction of sp³-hybridized carbons (Fsp3) is 0.300. The summed E-state index contributed by atoms with van der Waals surface area (Å²) in [4.78, 5) is 0. The van der Waals surface area contributed by atoms with Gasteiger partial charge in [0, 0.05) is 12.5 Å². The Balaban J connectivity index is 3.12. The Labute approximate surface area is 76.2 Å². The molecule has 13 heavy (non-hydrogen) atoms. The van der Waals surface area contributed by atoms with Crippen LogP contribution >= 0.6 is 0 Å². The summed E-state index contributed by atoms with van der Waals surface area (Å²) in [5.74, 6) is -0.645. The van der Waals surface area contributed by atoms with Gasteiger partial charge in [0.25, 0.3) is 0 Å². The Hall–Kier alpha value is -1.40. The maximum absolute atomic E-state index is 13.1. The molecule has 0 bridgehead atoms. The molecular weight excluding hydrogens is 169 g/mol. The molecule has 1 atom stereocenters. The summed E-state index contributed by atoms with van der Waals surface area (Å²) in [5, 5.41) is 17.4. The lowest BCUT2D eigenvalue weighted by Gasteiger charge is -2.09. The summed E-state index contributed by atoms with van der Waals surface area (Å²) in [6.07, 6.45) is 0. The molecule has 3 heteroatoms. The van der Waals surface area contributed by atoms with Crippen molar-refractivity contribution >= 4 is 0 Å². The van der Waals surface area contributed by atoms with Gasteiger partial charge in [0.15, 0.2) is 0 Å². The van der Waals surface area contributed by atoms with Crippen molar-refractivity contribution in [1.29, 1.82) is 5.26 Å². The van der Waals surface area contributed by atoms with Gasteiger partial charge >= 0.3 is 0 Å². The fourth-order valence-electron chi connectivity index (χ4n) is 1.09. The zero-order valence-corrected chi connectivity index (χ0v) is 7.29. The number of aliphatic hydroxyl groups excluding tert-OH is 1. The van der Waals surface area contributed by atoms with Crippen LogP contribution in [0.4, 0.5) is 4.39 Å². The van der Waals surface area contributed by atoms with Gasteiger partial charge in [0.2, 0.25) is 0 Å². The molecule has 0 spiro atoms. The van der Waals surface area contributed by atoms with Crippen LogP contribution < -0.4 is 0 Å². The van der Waals surface area contributed by atoms with E-state index in [9.17, 15) is 4.39 Å². The lowest BCUT2D eigenvalue weighted by Crippen LogP contribution is -2.02. The lowest BCUT2D eigenvalue weighted by atomic mass is 9.99. The molecule has 2 nitrogen and oxygen atoms in total. The molecule has 0 saturated heterocycles. The van der Waals surface area contributed by atoms with Crippen molar-refractivity contribution in [2.45, 2.75) is 12.8 Å². The van der Waals surface area contributed by atoms with Crippen molar-refractivity contribution in [3.8, 4) is 6.07 Å². The molecular formula is C10H10FNO. The zero-order chi connectivity index (χ0) is 9.84. The van der Waals surface area contributed by atoms with Gasteiger partial charge in [-0.15, -0.1) is 0 Å². The van der Waals surface area contributed by atoms with E-state index in [1.165, 1.54) is 18.2 Å².